The fourth-order valence-corrected chi connectivity index (χ4v) is 4.78. The summed E-state index contributed by atoms with van der Waals surface area (Å²) >= 11 is 0. The standard InChI is InChI=1S/C26H32O8/c1-24(2,3)15-7-13(8-16(22(15)28)25(4,5)6)20-14-9-18-19(33-12-32-18)10-17(14)34-26(31,11-27)21(20)23(29)30/h7-10,20-21,27-28,31H,11-12H2,1-6H3,(H,29,30)/t20-,21-,26+/m0/s1. The summed E-state index contributed by atoms with van der Waals surface area (Å²) in [5, 5.41) is 42.6. The second-order valence-electron chi connectivity index (χ2n) is 11.1. The Morgan fingerprint density at radius 1 is 0.971 bits per heavy atom. The number of aliphatic carboxylic acids is 1. The molecule has 0 amide bonds. The van der Waals surface area contributed by atoms with Crippen LogP contribution in [-0.2, 0) is 15.6 Å². The molecule has 2 aromatic rings. The summed E-state index contributed by atoms with van der Waals surface area (Å²) in [4.78, 5) is 12.5. The molecule has 0 spiro atoms. The first-order valence-electron chi connectivity index (χ1n) is 11.2. The molecule has 4 N–H and O–H groups in total. The summed E-state index contributed by atoms with van der Waals surface area (Å²) in [5.74, 6) is -4.94. The number of fused-ring (bicyclic) bond motifs is 2. The highest BCUT2D eigenvalue weighted by molar-refractivity contribution is 5.76. The van der Waals surface area contributed by atoms with E-state index in [1.165, 1.54) is 0 Å². The predicted molar refractivity (Wildman–Crippen MR) is 124 cm³/mol. The number of phenolic OH excluding ortho intramolecular Hbond substituents is 1. The molecular weight excluding hydrogens is 440 g/mol. The quantitative estimate of drug-likeness (QED) is 0.534. The van der Waals surface area contributed by atoms with E-state index in [4.69, 9.17) is 14.2 Å². The molecule has 8 heteroatoms. The van der Waals surface area contributed by atoms with Crippen molar-refractivity contribution in [3.63, 3.8) is 0 Å². The van der Waals surface area contributed by atoms with E-state index in [0.29, 0.717) is 33.8 Å². The van der Waals surface area contributed by atoms with E-state index in [1.54, 1.807) is 24.3 Å². The van der Waals surface area contributed by atoms with Gasteiger partial charge in [0.05, 0.1) is 0 Å². The van der Waals surface area contributed by atoms with E-state index in [9.17, 15) is 25.2 Å². The molecule has 2 aliphatic heterocycles. The van der Waals surface area contributed by atoms with Crippen LogP contribution in [0.4, 0.5) is 0 Å². The van der Waals surface area contributed by atoms with E-state index in [0.717, 1.165) is 0 Å². The number of aliphatic hydroxyl groups is 2. The maximum atomic E-state index is 12.5. The number of benzene rings is 2. The van der Waals surface area contributed by atoms with Gasteiger partial charge < -0.3 is 34.6 Å². The molecule has 3 atom stereocenters. The van der Waals surface area contributed by atoms with Crippen LogP contribution in [0.3, 0.4) is 0 Å². The summed E-state index contributed by atoms with van der Waals surface area (Å²) in [7, 11) is 0. The minimum absolute atomic E-state index is 0.0110. The van der Waals surface area contributed by atoms with Gasteiger partial charge in [-0.25, -0.2) is 0 Å². The average Bonchev–Trinajstić information content (AvgIpc) is 3.17. The Hall–Kier alpha value is -2.97. The van der Waals surface area contributed by atoms with Gasteiger partial charge in [-0.3, -0.25) is 4.79 Å². The highest BCUT2D eigenvalue weighted by Crippen LogP contribution is 2.53. The molecule has 4 rings (SSSR count). The van der Waals surface area contributed by atoms with E-state index >= 15 is 0 Å². The van der Waals surface area contributed by atoms with Gasteiger partial charge in [-0.1, -0.05) is 53.7 Å². The van der Waals surface area contributed by atoms with E-state index in [1.807, 2.05) is 41.5 Å². The number of ether oxygens (including phenoxy) is 3. The zero-order valence-electron chi connectivity index (χ0n) is 20.3. The van der Waals surface area contributed by atoms with Crippen molar-refractivity contribution in [2.45, 2.75) is 64.1 Å². The first-order chi connectivity index (χ1) is 15.7. The molecule has 2 aliphatic rings. The number of aromatic hydroxyl groups is 1. The molecule has 0 saturated carbocycles. The van der Waals surface area contributed by atoms with Crippen molar-refractivity contribution in [1.29, 1.82) is 0 Å². The topological polar surface area (TPSA) is 126 Å². The third-order valence-electron chi connectivity index (χ3n) is 6.55. The number of phenols is 1. The van der Waals surface area contributed by atoms with Crippen molar-refractivity contribution in [3.8, 4) is 23.0 Å². The van der Waals surface area contributed by atoms with Crippen LogP contribution in [0.25, 0.3) is 0 Å². The Morgan fingerprint density at radius 2 is 1.50 bits per heavy atom. The molecule has 0 aliphatic carbocycles. The largest absolute Gasteiger partial charge is 0.507 e. The monoisotopic (exact) mass is 472 g/mol. The molecule has 0 unspecified atom stereocenters. The number of carboxylic acids is 1. The molecule has 2 heterocycles. The molecule has 0 fully saturated rings. The van der Waals surface area contributed by atoms with Gasteiger partial charge >= 0.3 is 5.97 Å². The molecule has 0 radical (unpaired) electrons. The predicted octanol–water partition coefficient (Wildman–Crippen LogP) is 3.62. The lowest BCUT2D eigenvalue weighted by molar-refractivity contribution is -0.220. The molecule has 184 valence electrons. The van der Waals surface area contributed by atoms with Crippen molar-refractivity contribution >= 4 is 5.97 Å². The second kappa shape index (κ2) is 7.78. The van der Waals surface area contributed by atoms with Gasteiger partial charge in [-0.15, -0.1) is 0 Å². The summed E-state index contributed by atoms with van der Waals surface area (Å²) in [6.45, 7) is 10.9. The Kier molecular flexibility index (Phi) is 5.53. The van der Waals surface area contributed by atoms with Crippen LogP contribution in [0, 0.1) is 5.92 Å². The second-order valence-corrected chi connectivity index (χ2v) is 11.1. The van der Waals surface area contributed by atoms with Gasteiger partial charge in [0, 0.05) is 17.5 Å². The lowest BCUT2D eigenvalue weighted by atomic mass is 9.70. The van der Waals surface area contributed by atoms with Crippen LogP contribution in [0.2, 0.25) is 0 Å². The van der Waals surface area contributed by atoms with E-state index in [2.05, 4.69) is 0 Å². The van der Waals surface area contributed by atoms with Gasteiger partial charge in [0.25, 0.3) is 0 Å². The van der Waals surface area contributed by atoms with Crippen LogP contribution in [-0.4, -0.2) is 45.6 Å². The number of hydrogen-bond acceptors (Lipinski definition) is 7. The summed E-state index contributed by atoms with van der Waals surface area (Å²) in [6.07, 6.45) is 0. The zero-order chi connectivity index (χ0) is 25.2. The minimum atomic E-state index is -2.38. The SMILES string of the molecule is CC(C)(C)c1cc([C@H]2c3cc4c(cc3O[C@](O)(CO)[C@@H]2C(=O)O)OCO4)cc(C(C)(C)C)c1O. The molecule has 34 heavy (non-hydrogen) atoms. The number of hydrogen-bond donors (Lipinski definition) is 4. The fraction of sp³-hybridized carbons (Fsp3) is 0.500. The van der Waals surface area contributed by atoms with Gasteiger partial charge in [0.15, 0.2) is 11.5 Å². The number of aliphatic hydroxyl groups excluding tert-OH is 1. The van der Waals surface area contributed by atoms with Crippen molar-refractivity contribution in [3.05, 3.63) is 46.5 Å². The normalized spacial score (nSPS) is 23.9. The van der Waals surface area contributed by atoms with Gasteiger partial charge in [-0.2, -0.15) is 0 Å². The molecule has 8 nitrogen and oxygen atoms in total. The third-order valence-corrected chi connectivity index (χ3v) is 6.55. The van der Waals surface area contributed by atoms with E-state index < -0.39 is 41.0 Å². The maximum absolute atomic E-state index is 12.5. The van der Waals surface area contributed by atoms with Crippen LogP contribution < -0.4 is 14.2 Å². The Balaban J connectivity index is 2.06. The first-order valence-corrected chi connectivity index (χ1v) is 11.2. The number of carboxylic acid groups (broad SMARTS) is 1. The van der Waals surface area contributed by atoms with Gasteiger partial charge in [-0.05, 0) is 33.6 Å². The zero-order valence-corrected chi connectivity index (χ0v) is 20.3. The fourth-order valence-electron chi connectivity index (χ4n) is 4.78. The third kappa shape index (κ3) is 3.84. The van der Waals surface area contributed by atoms with Gasteiger partial charge in [0.2, 0.25) is 12.6 Å². The number of rotatable bonds is 3. The van der Waals surface area contributed by atoms with Crippen LogP contribution in [0.1, 0.15) is 69.7 Å². The number of carbonyl (C=O) groups is 1. The van der Waals surface area contributed by atoms with Crippen LogP contribution >= 0.6 is 0 Å². The highest BCUT2D eigenvalue weighted by atomic mass is 16.7. The molecule has 2 aromatic carbocycles. The van der Waals surface area contributed by atoms with Crippen molar-refractivity contribution in [2.75, 3.05) is 13.4 Å². The lowest BCUT2D eigenvalue weighted by Gasteiger charge is -2.43. The molecule has 0 bridgehead atoms. The smallest absolute Gasteiger partial charge is 0.314 e. The first kappa shape index (κ1) is 24.2. The molecule has 0 aromatic heterocycles. The Labute approximate surface area is 198 Å². The Bertz CT molecular complexity index is 1110. The van der Waals surface area contributed by atoms with Crippen LogP contribution in [0.5, 0.6) is 23.0 Å². The summed E-state index contributed by atoms with van der Waals surface area (Å²) in [5.41, 5.74) is 1.47. The lowest BCUT2D eigenvalue weighted by Crippen LogP contribution is -2.55. The summed E-state index contributed by atoms with van der Waals surface area (Å²) in [6, 6.07) is 6.76. The van der Waals surface area contributed by atoms with Gasteiger partial charge in [0.1, 0.15) is 24.0 Å². The van der Waals surface area contributed by atoms with Crippen molar-refractivity contribution in [2.24, 2.45) is 5.92 Å². The average molecular weight is 473 g/mol. The highest BCUT2D eigenvalue weighted by Gasteiger charge is 2.54. The minimum Gasteiger partial charge on any atom is -0.507 e. The van der Waals surface area contributed by atoms with Crippen molar-refractivity contribution < 1.29 is 39.4 Å². The Morgan fingerprint density at radius 3 is 1.97 bits per heavy atom. The molecule has 0 saturated heterocycles. The van der Waals surface area contributed by atoms with Crippen LogP contribution in [0.15, 0.2) is 24.3 Å². The van der Waals surface area contributed by atoms with E-state index in [-0.39, 0.29) is 18.3 Å². The summed E-state index contributed by atoms with van der Waals surface area (Å²) < 4.78 is 16.6. The molecular formula is C26H32O8. The maximum Gasteiger partial charge on any atom is 0.314 e. The van der Waals surface area contributed by atoms with Crippen molar-refractivity contribution in [1.82, 2.24) is 0 Å².